The normalized spacial score (nSPS) is 11.4. The molecule has 0 saturated carbocycles. The molecule has 1 aliphatic carbocycles. The van der Waals surface area contributed by atoms with E-state index in [1.54, 1.807) is 6.08 Å². The number of fused-ring (bicyclic) bond motifs is 8. The monoisotopic (exact) mass is 883 g/mol. The Labute approximate surface area is 401 Å². The number of hydrogen-bond acceptors (Lipinski definition) is 3. The van der Waals surface area contributed by atoms with Crippen molar-refractivity contribution in [2.24, 2.45) is 0 Å². The maximum absolute atomic E-state index is 4.97. The van der Waals surface area contributed by atoms with E-state index >= 15 is 0 Å². The van der Waals surface area contributed by atoms with Gasteiger partial charge in [0.15, 0.2) is 17.5 Å². The van der Waals surface area contributed by atoms with E-state index in [1.165, 1.54) is 54.8 Å². The minimum absolute atomic E-state index is 0.613. The lowest BCUT2D eigenvalue weighted by atomic mass is 9.96. The van der Waals surface area contributed by atoms with Gasteiger partial charge in [-0.3, -0.25) is 0 Å². The molecule has 0 radical (unpaired) electrons. The van der Waals surface area contributed by atoms with E-state index in [9.17, 15) is 0 Å². The summed E-state index contributed by atoms with van der Waals surface area (Å²) in [7, 11) is 0. The van der Waals surface area contributed by atoms with Crippen LogP contribution in [0.15, 0.2) is 226 Å². The van der Waals surface area contributed by atoms with Crippen LogP contribution >= 0.6 is 0 Å². The maximum atomic E-state index is 4.97. The summed E-state index contributed by atoms with van der Waals surface area (Å²) in [6.07, 6.45) is 5.63. The molecule has 0 spiro atoms. The third-order valence-corrected chi connectivity index (χ3v) is 13.3. The second-order valence-electron chi connectivity index (χ2n) is 17.3. The van der Waals surface area contributed by atoms with Crippen molar-refractivity contribution in [3.63, 3.8) is 0 Å². The van der Waals surface area contributed by atoms with E-state index in [0.717, 1.165) is 61.4 Å². The zero-order chi connectivity index (χ0) is 46.6. The number of aromatic nitrogens is 5. The van der Waals surface area contributed by atoms with Crippen LogP contribution in [0.5, 0.6) is 0 Å². The van der Waals surface area contributed by atoms with Crippen molar-refractivity contribution in [3.05, 3.63) is 237 Å². The maximum Gasteiger partial charge on any atom is 0.164 e. The summed E-state index contributed by atoms with van der Waals surface area (Å²) >= 11 is 0. The molecule has 3 aromatic heterocycles. The van der Waals surface area contributed by atoms with Crippen LogP contribution in [0.25, 0.3) is 135 Å². The van der Waals surface area contributed by atoms with E-state index in [4.69, 9.17) is 15.0 Å². The summed E-state index contributed by atoms with van der Waals surface area (Å²) in [6, 6.07) is 71.1. The molecule has 3 heterocycles. The highest BCUT2D eigenvalue weighted by molar-refractivity contribution is 6.29. The molecule has 326 valence electrons. The molecule has 0 bridgehead atoms. The van der Waals surface area contributed by atoms with Crippen molar-refractivity contribution < 1.29 is 0 Å². The quantitative estimate of drug-likeness (QED) is 0.143. The van der Waals surface area contributed by atoms with Gasteiger partial charge < -0.3 is 9.13 Å². The Morgan fingerprint density at radius 3 is 1.42 bits per heavy atom. The fourth-order valence-corrected chi connectivity index (χ4v) is 10.3. The van der Waals surface area contributed by atoms with Gasteiger partial charge in [-0.05, 0) is 124 Å². The summed E-state index contributed by atoms with van der Waals surface area (Å²) in [5, 5.41) is 6.21. The standard InChI is InChI=1S/C61H39N5.C3H6/c1-3-45-50-35-41(42-30-34-55-52(36-42)58-49-26-16-25-48-46-23-14-15-24-47(46)51(57(48)49)37-56(58)66(55)43-21-12-7-13-22-43)29-33-54(50)65(53(45)4-2)44-31-27-40(28-32-44)61-63-59(38-17-8-5-9-18-38)62-60(64-61)39-19-10-6-11-20-39;1-3-2/h3-37H,1-2H2;3H,1H2,2H3. The fraction of sp³-hybridized carbons (Fsp3) is 0.0156. The second-order valence-corrected chi connectivity index (χ2v) is 17.3. The largest absolute Gasteiger partial charge is 0.309 e. The SMILES string of the molecule is C=CC.C=Cc1c(C=C)n(-c2ccc(-c3nc(-c4ccccc4)nc(-c4ccccc4)n3)cc2)c2ccc(-c3ccc4c(c3)c3c5cccc6c5c(cc3n4-c3ccccc3)-c3ccccc3-6)cc12. The molecule has 0 atom stereocenters. The molecule has 9 aromatic carbocycles. The fourth-order valence-electron chi connectivity index (χ4n) is 10.3. The second kappa shape index (κ2) is 16.9. The summed E-state index contributed by atoms with van der Waals surface area (Å²) in [5.74, 6) is 1.88. The lowest BCUT2D eigenvalue weighted by Gasteiger charge is -2.12. The summed E-state index contributed by atoms with van der Waals surface area (Å²) in [4.78, 5) is 14.8. The molecule has 0 amide bonds. The number of nitrogens with zero attached hydrogens (tertiary/aromatic N) is 5. The molecule has 0 saturated heterocycles. The van der Waals surface area contributed by atoms with Crippen LogP contribution in [-0.2, 0) is 0 Å². The van der Waals surface area contributed by atoms with E-state index in [-0.39, 0.29) is 0 Å². The van der Waals surface area contributed by atoms with Crippen molar-refractivity contribution >= 4 is 55.6 Å². The Morgan fingerprint density at radius 1 is 0.362 bits per heavy atom. The molecule has 12 aromatic rings. The number of rotatable bonds is 8. The van der Waals surface area contributed by atoms with E-state index in [0.29, 0.717) is 17.5 Å². The van der Waals surface area contributed by atoms with E-state index < -0.39 is 0 Å². The van der Waals surface area contributed by atoms with Crippen LogP contribution in [0.4, 0.5) is 0 Å². The molecule has 0 unspecified atom stereocenters. The molecule has 5 nitrogen and oxygen atoms in total. The Morgan fingerprint density at radius 2 is 0.841 bits per heavy atom. The van der Waals surface area contributed by atoms with E-state index in [2.05, 4.69) is 168 Å². The molecule has 0 aliphatic heterocycles. The number of allylic oxidation sites excluding steroid dienone is 1. The summed E-state index contributed by atoms with van der Waals surface area (Å²) in [5.41, 5.74) is 17.9. The third kappa shape index (κ3) is 6.74. The first-order chi connectivity index (χ1) is 34.1. The summed E-state index contributed by atoms with van der Waals surface area (Å²) < 4.78 is 4.70. The predicted molar refractivity (Wildman–Crippen MR) is 291 cm³/mol. The first-order valence-electron chi connectivity index (χ1n) is 23.2. The van der Waals surface area contributed by atoms with Gasteiger partial charge in [0.1, 0.15) is 0 Å². The van der Waals surface area contributed by atoms with Crippen LogP contribution in [0.1, 0.15) is 18.2 Å². The van der Waals surface area contributed by atoms with E-state index in [1.807, 2.05) is 79.7 Å². The van der Waals surface area contributed by atoms with Gasteiger partial charge in [0.05, 0.1) is 22.2 Å². The van der Waals surface area contributed by atoms with Gasteiger partial charge in [-0.25, -0.2) is 15.0 Å². The number of hydrogen-bond donors (Lipinski definition) is 0. The molecule has 69 heavy (non-hydrogen) atoms. The van der Waals surface area contributed by atoms with Crippen LogP contribution in [0.2, 0.25) is 0 Å². The van der Waals surface area contributed by atoms with Gasteiger partial charge in [0, 0.05) is 49.8 Å². The van der Waals surface area contributed by atoms with Crippen molar-refractivity contribution in [2.75, 3.05) is 0 Å². The Hall–Kier alpha value is -9.19. The van der Waals surface area contributed by atoms with Crippen molar-refractivity contribution in [3.8, 4) is 78.9 Å². The van der Waals surface area contributed by atoms with Gasteiger partial charge in [-0.1, -0.05) is 159 Å². The Balaban J connectivity index is 0.00000160. The van der Waals surface area contributed by atoms with Gasteiger partial charge in [0.25, 0.3) is 0 Å². The first kappa shape index (κ1) is 41.3. The highest BCUT2D eigenvalue weighted by Gasteiger charge is 2.26. The molecular formula is C64H45N5. The molecule has 13 rings (SSSR count). The Kier molecular flexibility index (Phi) is 10.1. The minimum atomic E-state index is 0.613. The lowest BCUT2D eigenvalue weighted by Crippen LogP contribution is -2.01. The highest BCUT2D eigenvalue weighted by atomic mass is 15.0. The first-order valence-corrected chi connectivity index (χ1v) is 23.2. The molecule has 0 fully saturated rings. The lowest BCUT2D eigenvalue weighted by molar-refractivity contribution is 1.07. The zero-order valence-corrected chi connectivity index (χ0v) is 38.1. The molecule has 1 aliphatic rings. The Bertz CT molecular complexity index is 3930. The topological polar surface area (TPSA) is 48.5 Å². The van der Waals surface area contributed by atoms with Crippen molar-refractivity contribution in [1.29, 1.82) is 0 Å². The van der Waals surface area contributed by atoms with Crippen LogP contribution in [0.3, 0.4) is 0 Å². The van der Waals surface area contributed by atoms with Crippen molar-refractivity contribution in [1.82, 2.24) is 24.1 Å². The highest BCUT2D eigenvalue weighted by Crippen LogP contribution is 2.51. The minimum Gasteiger partial charge on any atom is -0.309 e. The van der Waals surface area contributed by atoms with Crippen LogP contribution < -0.4 is 0 Å². The average Bonchev–Trinajstić information content (AvgIpc) is 4.05. The van der Waals surface area contributed by atoms with Gasteiger partial charge in [0.2, 0.25) is 0 Å². The van der Waals surface area contributed by atoms with Gasteiger partial charge >= 0.3 is 0 Å². The molecule has 5 heteroatoms. The predicted octanol–water partition coefficient (Wildman–Crippen LogP) is 16.9. The average molecular weight is 884 g/mol. The van der Waals surface area contributed by atoms with Crippen LogP contribution in [-0.4, -0.2) is 24.1 Å². The molecule has 0 N–H and O–H groups in total. The molecular weight excluding hydrogens is 839 g/mol. The number of para-hydroxylation sites is 1. The van der Waals surface area contributed by atoms with Crippen LogP contribution in [0, 0.1) is 0 Å². The number of benzene rings is 9. The third-order valence-electron chi connectivity index (χ3n) is 13.3. The van der Waals surface area contributed by atoms with Crippen molar-refractivity contribution in [2.45, 2.75) is 6.92 Å². The van der Waals surface area contributed by atoms with Gasteiger partial charge in [-0.15, -0.1) is 6.58 Å². The smallest absolute Gasteiger partial charge is 0.164 e. The zero-order valence-electron chi connectivity index (χ0n) is 38.1. The van der Waals surface area contributed by atoms with Gasteiger partial charge in [-0.2, -0.15) is 0 Å². The summed E-state index contributed by atoms with van der Waals surface area (Å²) in [6.45, 7) is 13.8.